The van der Waals surface area contributed by atoms with Crippen LogP contribution in [0.15, 0.2) is 27.2 Å². The summed E-state index contributed by atoms with van der Waals surface area (Å²) in [7, 11) is 0. The van der Waals surface area contributed by atoms with Gasteiger partial charge in [0.05, 0.1) is 0 Å². The molecule has 0 atom stereocenters. The predicted molar refractivity (Wildman–Crippen MR) is 72.2 cm³/mol. The van der Waals surface area contributed by atoms with Gasteiger partial charge in [0, 0.05) is 16.5 Å². The highest BCUT2D eigenvalue weighted by molar-refractivity contribution is 9.10. The van der Waals surface area contributed by atoms with Crippen LogP contribution in [0.2, 0.25) is 0 Å². The number of halogens is 1. The molecule has 3 rings (SSSR count). The number of aryl methyl sites for hydroxylation is 1. The van der Waals surface area contributed by atoms with E-state index in [4.69, 9.17) is 4.52 Å². The zero-order chi connectivity index (χ0) is 12.5. The van der Waals surface area contributed by atoms with E-state index in [1.807, 2.05) is 19.1 Å². The number of hydrogen-bond donors (Lipinski definition) is 1. The SMILES string of the molecule is Cc1cc(Br)ccc1-c1noc(CC2CNC2)n1. The highest BCUT2D eigenvalue weighted by Crippen LogP contribution is 2.24. The average Bonchev–Trinajstić information content (AvgIpc) is 2.72. The summed E-state index contributed by atoms with van der Waals surface area (Å²) in [6.45, 7) is 4.15. The van der Waals surface area contributed by atoms with Crippen LogP contribution in [0.1, 0.15) is 11.5 Å². The first-order valence-electron chi connectivity index (χ1n) is 6.02. The zero-order valence-corrected chi connectivity index (χ0v) is 11.7. The van der Waals surface area contributed by atoms with Gasteiger partial charge < -0.3 is 9.84 Å². The molecule has 2 heterocycles. The molecule has 0 amide bonds. The maximum atomic E-state index is 5.31. The summed E-state index contributed by atoms with van der Waals surface area (Å²) in [5.74, 6) is 2.06. The lowest BCUT2D eigenvalue weighted by atomic mass is 10.00. The minimum absolute atomic E-state index is 0.643. The third kappa shape index (κ3) is 2.33. The van der Waals surface area contributed by atoms with Gasteiger partial charge in [-0.3, -0.25) is 0 Å². The van der Waals surface area contributed by atoms with Crippen molar-refractivity contribution in [2.75, 3.05) is 13.1 Å². The molecule has 1 aromatic carbocycles. The second-order valence-electron chi connectivity index (χ2n) is 4.70. The van der Waals surface area contributed by atoms with Crippen molar-refractivity contribution in [3.05, 3.63) is 34.1 Å². The molecule has 1 saturated heterocycles. The van der Waals surface area contributed by atoms with Crippen LogP contribution in [-0.4, -0.2) is 23.2 Å². The van der Waals surface area contributed by atoms with Crippen LogP contribution in [0.5, 0.6) is 0 Å². The van der Waals surface area contributed by atoms with Crippen molar-refractivity contribution in [3.63, 3.8) is 0 Å². The molecular weight excluding hydrogens is 294 g/mol. The van der Waals surface area contributed by atoms with E-state index in [2.05, 4.69) is 37.5 Å². The predicted octanol–water partition coefficient (Wildman–Crippen LogP) is 2.57. The van der Waals surface area contributed by atoms with Crippen LogP contribution in [0.4, 0.5) is 0 Å². The fourth-order valence-electron chi connectivity index (χ4n) is 2.06. The standard InChI is InChI=1S/C13H14BrN3O/c1-8-4-10(14)2-3-11(8)13-16-12(18-17-13)5-9-6-15-7-9/h2-4,9,15H,5-7H2,1H3. The summed E-state index contributed by atoms with van der Waals surface area (Å²) in [4.78, 5) is 4.47. The molecule has 0 radical (unpaired) electrons. The molecule has 18 heavy (non-hydrogen) atoms. The van der Waals surface area contributed by atoms with Crippen LogP contribution in [0.3, 0.4) is 0 Å². The van der Waals surface area contributed by atoms with Gasteiger partial charge in [0.1, 0.15) is 0 Å². The van der Waals surface area contributed by atoms with E-state index in [0.717, 1.165) is 41.0 Å². The molecule has 0 spiro atoms. The summed E-state index contributed by atoms with van der Waals surface area (Å²) >= 11 is 3.45. The summed E-state index contributed by atoms with van der Waals surface area (Å²) in [6, 6.07) is 6.06. The molecule has 5 heteroatoms. The molecule has 0 unspecified atom stereocenters. The fourth-order valence-corrected chi connectivity index (χ4v) is 2.54. The van der Waals surface area contributed by atoms with E-state index in [1.165, 1.54) is 0 Å². The highest BCUT2D eigenvalue weighted by atomic mass is 79.9. The Morgan fingerprint density at radius 3 is 2.94 bits per heavy atom. The normalized spacial score (nSPS) is 15.7. The summed E-state index contributed by atoms with van der Waals surface area (Å²) in [6.07, 6.45) is 0.871. The van der Waals surface area contributed by atoms with E-state index in [0.29, 0.717) is 11.7 Å². The Balaban J connectivity index is 1.83. The summed E-state index contributed by atoms with van der Waals surface area (Å²) < 4.78 is 6.37. The summed E-state index contributed by atoms with van der Waals surface area (Å²) in [5.41, 5.74) is 2.17. The topological polar surface area (TPSA) is 51.0 Å². The lowest BCUT2D eigenvalue weighted by Gasteiger charge is -2.25. The molecule has 1 aliphatic rings. The van der Waals surface area contributed by atoms with E-state index in [9.17, 15) is 0 Å². The Morgan fingerprint density at radius 2 is 2.28 bits per heavy atom. The Hall–Kier alpha value is -1.20. The molecule has 1 fully saturated rings. The minimum atomic E-state index is 0.643. The van der Waals surface area contributed by atoms with Crippen molar-refractivity contribution in [2.45, 2.75) is 13.3 Å². The first-order chi connectivity index (χ1) is 8.72. The van der Waals surface area contributed by atoms with Gasteiger partial charge in [0.15, 0.2) is 0 Å². The largest absolute Gasteiger partial charge is 0.339 e. The second-order valence-corrected chi connectivity index (χ2v) is 5.62. The Bertz CT molecular complexity index is 563. The van der Waals surface area contributed by atoms with Gasteiger partial charge in [-0.2, -0.15) is 4.98 Å². The van der Waals surface area contributed by atoms with E-state index < -0.39 is 0 Å². The Kier molecular flexibility index (Phi) is 3.18. The Labute approximate surface area is 114 Å². The van der Waals surface area contributed by atoms with Gasteiger partial charge in [-0.25, -0.2) is 0 Å². The fraction of sp³-hybridized carbons (Fsp3) is 0.385. The third-order valence-corrected chi connectivity index (χ3v) is 3.72. The quantitative estimate of drug-likeness (QED) is 0.947. The van der Waals surface area contributed by atoms with Crippen molar-refractivity contribution in [1.29, 1.82) is 0 Å². The number of nitrogens with one attached hydrogen (secondary N) is 1. The molecule has 0 saturated carbocycles. The van der Waals surface area contributed by atoms with Gasteiger partial charge in [-0.1, -0.05) is 21.1 Å². The zero-order valence-electron chi connectivity index (χ0n) is 10.1. The van der Waals surface area contributed by atoms with Gasteiger partial charge in [-0.15, -0.1) is 0 Å². The molecule has 2 aromatic rings. The first kappa shape index (κ1) is 11.9. The lowest BCUT2D eigenvalue weighted by Crippen LogP contribution is -2.43. The highest BCUT2D eigenvalue weighted by Gasteiger charge is 2.20. The molecule has 94 valence electrons. The molecule has 1 aromatic heterocycles. The van der Waals surface area contributed by atoms with Crippen molar-refractivity contribution < 1.29 is 4.52 Å². The van der Waals surface area contributed by atoms with Gasteiger partial charge in [0.2, 0.25) is 11.7 Å². The van der Waals surface area contributed by atoms with Crippen LogP contribution in [0.25, 0.3) is 11.4 Å². The van der Waals surface area contributed by atoms with E-state index >= 15 is 0 Å². The molecule has 1 N–H and O–H groups in total. The summed E-state index contributed by atoms with van der Waals surface area (Å²) in [5, 5.41) is 7.31. The number of hydrogen-bond acceptors (Lipinski definition) is 4. The molecule has 1 aliphatic heterocycles. The van der Waals surface area contributed by atoms with Crippen LogP contribution in [-0.2, 0) is 6.42 Å². The molecule has 4 nitrogen and oxygen atoms in total. The maximum Gasteiger partial charge on any atom is 0.227 e. The van der Waals surface area contributed by atoms with Crippen molar-refractivity contribution in [3.8, 4) is 11.4 Å². The van der Waals surface area contributed by atoms with Gasteiger partial charge >= 0.3 is 0 Å². The van der Waals surface area contributed by atoms with Crippen LogP contribution in [0, 0.1) is 12.8 Å². The van der Waals surface area contributed by atoms with Crippen molar-refractivity contribution in [1.82, 2.24) is 15.5 Å². The monoisotopic (exact) mass is 307 g/mol. The van der Waals surface area contributed by atoms with Gasteiger partial charge in [-0.05, 0) is 49.7 Å². The van der Waals surface area contributed by atoms with Crippen molar-refractivity contribution >= 4 is 15.9 Å². The van der Waals surface area contributed by atoms with Crippen LogP contribution >= 0.6 is 15.9 Å². The minimum Gasteiger partial charge on any atom is -0.339 e. The van der Waals surface area contributed by atoms with E-state index in [1.54, 1.807) is 0 Å². The van der Waals surface area contributed by atoms with Crippen LogP contribution < -0.4 is 5.32 Å². The number of nitrogens with zero attached hydrogens (tertiary/aromatic N) is 2. The van der Waals surface area contributed by atoms with Gasteiger partial charge in [0.25, 0.3) is 0 Å². The molecule has 0 aliphatic carbocycles. The number of aromatic nitrogens is 2. The second kappa shape index (κ2) is 4.82. The number of rotatable bonds is 3. The molecule has 0 bridgehead atoms. The molecular formula is C13H14BrN3O. The third-order valence-electron chi connectivity index (χ3n) is 3.23. The number of benzene rings is 1. The maximum absolute atomic E-state index is 5.31. The van der Waals surface area contributed by atoms with Crippen molar-refractivity contribution in [2.24, 2.45) is 5.92 Å². The smallest absolute Gasteiger partial charge is 0.227 e. The van der Waals surface area contributed by atoms with E-state index in [-0.39, 0.29) is 0 Å². The first-order valence-corrected chi connectivity index (χ1v) is 6.81. The lowest BCUT2D eigenvalue weighted by molar-refractivity contribution is 0.296. The Morgan fingerprint density at radius 1 is 1.44 bits per heavy atom. The average molecular weight is 308 g/mol.